The van der Waals surface area contributed by atoms with Gasteiger partial charge in [-0.2, -0.15) is 0 Å². The lowest BCUT2D eigenvalue weighted by Crippen LogP contribution is -2.59. The van der Waals surface area contributed by atoms with Crippen LogP contribution in [-0.4, -0.2) is 42.5 Å². The van der Waals surface area contributed by atoms with Gasteiger partial charge in [-0.3, -0.25) is 9.59 Å². The highest BCUT2D eigenvalue weighted by atomic mass is 19.4. The molecule has 2 aromatic rings. The molecule has 2 amide bonds. The van der Waals surface area contributed by atoms with Gasteiger partial charge in [0.25, 0.3) is 5.91 Å². The number of hydrogen-bond donors (Lipinski definition) is 4. The minimum Gasteiger partial charge on any atom is -0.490 e. The molecule has 2 aromatic carbocycles. The molecule has 6 N–H and O–H groups in total. The van der Waals surface area contributed by atoms with Gasteiger partial charge in [0, 0.05) is 17.7 Å². The van der Waals surface area contributed by atoms with Gasteiger partial charge in [-0.15, -0.1) is 13.2 Å². The normalized spacial score (nSPS) is 14.9. The quantitative estimate of drug-likeness (QED) is 0.409. The van der Waals surface area contributed by atoms with Gasteiger partial charge in [-0.25, -0.2) is 0 Å². The van der Waals surface area contributed by atoms with Crippen LogP contribution in [0.15, 0.2) is 36.4 Å². The summed E-state index contributed by atoms with van der Waals surface area (Å²) in [6.45, 7) is 1.18. The van der Waals surface area contributed by atoms with Gasteiger partial charge in [0.2, 0.25) is 5.91 Å². The number of amides is 2. The Hall–Kier alpha value is -3.29. The minimum absolute atomic E-state index is 0.0188. The Morgan fingerprint density at radius 2 is 1.88 bits per heavy atom. The number of halogens is 3. The molecule has 0 saturated carbocycles. The number of primary amides is 1. The summed E-state index contributed by atoms with van der Waals surface area (Å²) in [7, 11) is -1.16. The maximum Gasteiger partial charge on any atom is 0.573 e. The molecule has 1 unspecified atom stereocenters. The van der Waals surface area contributed by atoms with Crippen LogP contribution in [0.3, 0.4) is 0 Å². The Morgan fingerprint density at radius 3 is 2.45 bits per heavy atom. The largest absolute Gasteiger partial charge is 0.573 e. The van der Waals surface area contributed by atoms with Crippen LogP contribution in [0.1, 0.15) is 28.4 Å². The van der Waals surface area contributed by atoms with Crippen molar-refractivity contribution in [3.8, 4) is 11.5 Å². The summed E-state index contributed by atoms with van der Waals surface area (Å²) in [5.74, 6) is -1.91. The topological polar surface area (TPSA) is 146 Å². The van der Waals surface area contributed by atoms with E-state index in [1.807, 2.05) is 0 Å². The number of fused-ring (bicyclic) bond motifs is 1. The number of carbonyl (C=O) groups is 2. The van der Waals surface area contributed by atoms with Gasteiger partial charge in [-0.1, -0.05) is 6.07 Å². The molecule has 0 bridgehead atoms. The highest BCUT2D eigenvalue weighted by Gasteiger charge is 2.36. The number of alkyl halides is 3. The first-order valence-electron chi connectivity index (χ1n) is 9.69. The van der Waals surface area contributed by atoms with Gasteiger partial charge < -0.3 is 35.9 Å². The van der Waals surface area contributed by atoms with E-state index in [0.29, 0.717) is 11.0 Å². The van der Waals surface area contributed by atoms with Crippen molar-refractivity contribution in [2.24, 2.45) is 11.5 Å². The minimum atomic E-state index is -4.87. The van der Waals surface area contributed by atoms with Crippen LogP contribution in [0.5, 0.6) is 11.5 Å². The first-order chi connectivity index (χ1) is 15.4. The predicted molar refractivity (Wildman–Crippen MR) is 110 cm³/mol. The lowest BCUT2D eigenvalue weighted by atomic mass is 9.76. The van der Waals surface area contributed by atoms with Gasteiger partial charge in [-0.05, 0) is 48.3 Å². The first kappa shape index (κ1) is 24.4. The zero-order valence-corrected chi connectivity index (χ0v) is 17.4. The zero-order chi connectivity index (χ0) is 24.4. The molecule has 9 nitrogen and oxygen atoms in total. The number of nitrogens with one attached hydrogen (secondary N) is 1. The van der Waals surface area contributed by atoms with E-state index in [-0.39, 0.29) is 31.1 Å². The van der Waals surface area contributed by atoms with Crippen LogP contribution in [-0.2, 0) is 22.6 Å². The Bertz CT molecular complexity index is 1050. The number of hydrogen-bond acceptors (Lipinski definition) is 7. The van der Waals surface area contributed by atoms with Gasteiger partial charge >= 0.3 is 13.5 Å². The second-order valence-corrected chi connectivity index (χ2v) is 7.49. The fraction of sp³-hybridized carbons (Fsp3) is 0.300. The van der Waals surface area contributed by atoms with Crippen molar-refractivity contribution in [1.82, 2.24) is 5.32 Å². The zero-order valence-electron chi connectivity index (χ0n) is 17.4. The van der Waals surface area contributed by atoms with Crippen LogP contribution in [0.25, 0.3) is 0 Å². The molecule has 1 aliphatic heterocycles. The molecule has 3 rings (SSSR count). The standard InChI is InChI=1S/C20H21BF3N3O6/c1-19(18(26)29,27-17(28)11-2-5-13(6-3-11)33-20(22,23)24)10-31-15-7-4-12-9-32-21(30)16(12)14(15)8-25/h2-7,30H,8-10,25H2,1H3,(H2,26,29)(H,27,28). The van der Waals surface area contributed by atoms with Crippen molar-refractivity contribution in [1.29, 1.82) is 0 Å². The summed E-state index contributed by atoms with van der Waals surface area (Å²) in [5.41, 5.74) is 11.3. The van der Waals surface area contributed by atoms with E-state index in [4.69, 9.17) is 20.9 Å². The molecule has 13 heteroatoms. The third kappa shape index (κ3) is 5.56. The Morgan fingerprint density at radius 1 is 1.21 bits per heavy atom. The molecule has 1 heterocycles. The van der Waals surface area contributed by atoms with Crippen LogP contribution in [0.2, 0.25) is 0 Å². The van der Waals surface area contributed by atoms with Crippen molar-refractivity contribution in [3.05, 3.63) is 53.1 Å². The molecule has 0 spiro atoms. The average molecular weight is 467 g/mol. The second-order valence-electron chi connectivity index (χ2n) is 7.49. The number of benzene rings is 2. The van der Waals surface area contributed by atoms with E-state index < -0.39 is 36.6 Å². The van der Waals surface area contributed by atoms with Crippen molar-refractivity contribution in [3.63, 3.8) is 0 Å². The average Bonchev–Trinajstić information content (AvgIpc) is 3.12. The molecular weight excluding hydrogens is 446 g/mol. The summed E-state index contributed by atoms with van der Waals surface area (Å²) >= 11 is 0. The van der Waals surface area contributed by atoms with Crippen molar-refractivity contribution in [2.75, 3.05) is 6.61 Å². The number of nitrogens with two attached hydrogens (primary N) is 2. The monoisotopic (exact) mass is 467 g/mol. The molecule has 33 heavy (non-hydrogen) atoms. The van der Waals surface area contributed by atoms with E-state index in [1.165, 1.54) is 6.92 Å². The van der Waals surface area contributed by atoms with Crippen molar-refractivity contribution in [2.45, 2.75) is 32.0 Å². The highest BCUT2D eigenvalue weighted by molar-refractivity contribution is 6.62. The van der Waals surface area contributed by atoms with Crippen LogP contribution in [0.4, 0.5) is 13.2 Å². The van der Waals surface area contributed by atoms with E-state index >= 15 is 0 Å². The Kier molecular flexibility index (Phi) is 6.86. The predicted octanol–water partition coefficient (Wildman–Crippen LogP) is 0.314. The maximum absolute atomic E-state index is 12.6. The molecule has 0 radical (unpaired) electrons. The molecule has 176 valence electrons. The van der Waals surface area contributed by atoms with Crippen LogP contribution < -0.4 is 31.7 Å². The lowest BCUT2D eigenvalue weighted by Gasteiger charge is -2.28. The van der Waals surface area contributed by atoms with E-state index in [2.05, 4.69) is 10.1 Å². The Balaban J connectivity index is 1.74. The SMILES string of the molecule is CC(COc1ccc2c(c1CN)B(O)OC2)(NC(=O)c1ccc(OC(F)(F)F)cc1)C(N)=O. The van der Waals surface area contributed by atoms with Gasteiger partial charge in [0.05, 0.1) is 6.61 Å². The van der Waals surface area contributed by atoms with Crippen LogP contribution >= 0.6 is 0 Å². The number of rotatable bonds is 8. The van der Waals surface area contributed by atoms with Crippen molar-refractivity contribution >= 4 is 24.4 Å². The Labute approximate surface area is 186 Å². The smallest absolute Gasteiger partial charge is 0.490 e. The van der Waals surface area contributed by atoms with E-state index in [9.17, 15) is 27.8 Å². The molecule has 0 aromatic heterocycles. The second kappa shape index (κ2) is 9.29. The fourth-order valence-electron chi connectivity index (χ4n) is 3.25. The van der Waals surface area contributed by atoms with Crippen LogP contribution in [0, 0.1) is 0 Å². The third-order valence-corrected chi connectivity index (χ3v) is 5.05. The molecule has 0 saturated heterocycles. The van der Waals surface area contributed by atoms with E-state index in [0.717, 1.165) is 29.8 Å². The van der Waals surface area contributed by atoms with Gasteiger partial charge in [0.1, 0.15) is 18.1 Å². The molecule has 1 atom stereocenters. The van der Waals surface area contributed by atoms with E-state index in [1.54, 1.807) is 12.1 Å². The molecule has 0 aliphatic carbocycles. The summed E-state index contributed by atoms with van der Waals surface area (Å²) in [6, 6.07) is 7.42. The summed E-state index contributed by atoms with van der Waals surface area (Å²) in [5, 5.41) is 12.5. The van der Waals surface area contributed by atoms with Gasteiger partial charge in [0.15, 0.2) is 5.54 Å². The summed E-state index contributed by atoms with van der Waals surface area (Å²) in [4.78, 5) is 24.7. The molecule has 0 fully saturated rings. The number of carbonyl (C=O) groups excluding carboxylic acids is 2. The van der Waals surface area contributed by atoms with Crippen molar-refractivity contribution < 1.29 is 41.9 Å². The number of ether oxygens (including phenoxy) is 2. The molecular formula is C20H21BF3N3O6. The third-order valence-electron chi connectivity index (χ3n) is 5.05. The molecule has 1 aliphatic rings. The first-order valence-corrected chi connectivity index (χ1v) is 9.69. The maximum atomic E-state index is 12.6. The summed E-state index contributed by atoms with van der Waals surface area (Å²) in [6.07, 6.45) is -4.87. The highest BCUT2D eigenvalue weighted by Crippen LogP contribution is 2.25. The summed E-state index contributed by atoms with van der Waals surface area (Å²) < 4.78 is 51.5. The lowest BCUT2D eigenvalue weighted by molar-refractivity contribution is -0.274. The fourth-order valence-corrected chi connectivity index (χ4v) is 3.25.